The number of phenolic OH excluding ortho intramolecular Hbond substituents is 2. The minimum atomic E-state index is -1.28. The lowest BCUT2D eigenvalue weighted by molar-refractivity contribution is -0.148. The number of aromatic hydroxyl groups is 2. The fraction of sp³-hybridized carbons (Fsp3) is 0.471. The fourth-order valence-corrected chi connectivity index (χ4v) is 2.54. The Hall–Kier alpha value is -2.81. The zero-order valence-corrected chi connectivity index (χ0v) is 14.5. The Labute approximate surface area is 150 Å². The number of aliphatic hydroxyl groups is 1. The number of hydrogen-bond acceptors (Lipinski definition) is 6. The molecule has 26 heavy (non-hydrogen) atoms. The van der Waals surface area contributed by atoms with E-state index in [1.54, 1.807) is 6.92 Å². The molecule has 1 aromatic carbocycles. The van der Waals surface area contributed by atoms with Gasteiger partial charge in [0.25, 0.3) is 0 Å². The maximum absolute atomic E-state index is 11.2. The number of phenols is 2. The number of aliphatic carboxylic acids is 1. The van der Waals surface area contributed by atoms with Gasteiger partial charge in [0.15, 0.2) is 11.5 Å². The second kappa shape index (κ2) is 9.62. The molecule has 1 heterocycles. The predicted molar refractivity (Wildman–Crippen MR) is 91.3 cm³/mol. The molecule has 0 bridgehead atoms. The van der Waals surface area contributed by atoms with Crippen LogP contribution in [-0.2, 0) is 20.8 Å². The molecule has 144 valence electrons. The summed E-state index contributed by atoms with van der Waals surface area (Å²) in [5.74, 6) is -2.30. The molecule has 0 saturated carbocycles. The molecular formula is C17H24N2O7. The molecule has 1 saturated heterocycles. The predicted octanol–water partition coefficient (Wildman–Crippen LogP) is -0.0415. The minimum absolute atomic E-state index is 0.0170. The van der Waals surface area contributed by atoms with Crippen molar-refractivity contribution in [3.63, 3.8) is 0 Å². The molecule has 0 radical (unpaired) electrons. The van der Waals surface area contributed by atoms with Gasteiger partial charge in [-0.25, -0.2) is 4.79 Å². The van der Waals surface area contributed by atoms with Gasteiger partial charge in [0.2, 0.25) is 11.8 Å². The van der Waals surface area contributed by atoms with Gasteiger partial charge in [0.05, 0.1) is 0 Å². The van der Waals surface area contributed by atoms with Crippen molar-refractivity contribution in [2.24, 2.45) is 5.73 Å². The van der Waals surface area contributed by atoms with E-state index in [9.17, 15) is 14.4 Å². The molecule has 2 unspecified atom stereocenters. The first-order valence-corrected chi connectivity index (χ1v) is 8.17. The van der Waals surface area contributed by atoms with Crippen molar-refractivity contribution in [3.8, 4) is 11.5 Å². The number of carbonyl (C=O) groups is 3. The van der Waals surface area contributed by atoms with Gasteiger partial charge in [-0.3, -0.25) is 9.59 Å². The highest BCUT2D eigenvalue weighted by atomic mass is 16.4. The summed E-state index contributed by atoms with van der Waals surface area (Å²) in [7, 11) is 0. The van der Waals surface area contributed by atoms with E-state index in [4.69, 9.17) is 26.2 Å². The number of hydrogen-bond donors (Lipinski definition) is 5. The molecule has 1 aliphatic rings. The lowest BCUT2D eigenvalue weighted by Crippen LogP contribution is -2.39. The SMILES string of the molecule is CCC(=O)N1CCCC1C(=O)O.NC(=O)C(O)Cc1ccc(O)c(O)c1. The van der Waals surface area contributed by atoms with Gasteiger partial charge in [0.1, 0.15) is 12.1 Å². The number of carbonyl (C=O) groups excluding carboxylic acids is 2. The van der Waals surface area contributed by atoms with Gasteiger partial charge in [-0.2, -0.15) is 0 Å². The third kappa shape index (κ3) is 5.92. The number of carboxylic acid groups (broad SMARTS) is 1. The molecule has 6 N–H and O–H groups in total. The number of nitrogens with zero attached hydrogens (tertiary/aromatic N) is 1. The first-order chi connectivity index (χ1) is 12.2. The number of aliphatic hydroxyl groups excluding tert-OH is 1. The summed E-state index contributed by atoms with van der Waals surface area (Å²) in [6.07, 6.45) is 0.537. The van der Waals surface area contributed by atoms with Gasteiger partial charge in [0, 0.05) is 19.4 Å². The quantitative estimate of drug-likeness (QED) is 0.455. The van der Waals surface area contributed by atoms with E-state index in [2.05, 4.69) is 0 Å². The smallest absolute Gasteiger partial charge is 0.326 e. The number of carboxylic acids is 1. The van der Waals surface area contributed by atoms with Crippen LogP contribution in [0.3, 0.4) is 0 Å². The van der Waals surface area contributed by atoms with E-state index < -0.39 is 24.0 Å². The standard InChI is InChI=1S/C9H11NO4.C8H13NO3/c10-9(14)8(13)4-5-1-2-6(11)7(12)3-5;1-2-7(10)9-5-3-4-6(9)8(11)12/h1-3,8,11-13H,4H2,(H2,10,14);6H,2-5H2,1H3,(H,11,12). The Morgan fingerprint density at radius 3 is 2.42 bits per heavy atom. The molecule has 2 atom stereocenters. The molecule has 9 nitrogen and oxygen atoms in total. The van der Waals surface area contributed by atoms with Crippen LogP contribution in [-0.4, -0.2) is 61.8 Å². The Morgan fingerprint density at radius 2 is 1.92 bits per heavy atom. The number of likely N-dealkylation sites (tertiary alicyclic amines) is 1. The highest BCUT2D eigenvalue weighted by Gasteiger charge is 2.32. The van der Waals surface area contributed by atoms with E-state index in [0.717, 1.165) is 6.42 Å². The van der Waals surface area contributed by atoms with Gasteiger partial charge in [-0.15, -0.1) is 0 Å². The number of amides is 2. The normalized spacial score (nSPS) is 17.2. The van der Waals surface area contributed by atoms with E-state index in [1.165, 1.54) is 23.1 Å². The van der Waals surface area contributed by atoms with E-state index in [1.807, 2.05) is 0 Å². The van der Waals surface area contributed by atoms with Gasteiger partial charge < -0.3 is 31.1 Å². The second-order valence-corrected chi connectivity index (χ2v) is 5.88. The van der Waals surface area contributed by atoms with Crippen LogP contribution in [0.2, 0.25) is 0 Å². The zero-order valence-electron chi connectivity index (χ0n) is 14.5. The molecule has 9 heteroatoms. The highest BCUT2D eigenvalue weighted by Crippen LogP contribution is 2.25. The van der Waals surface area contributed by atoms with Crippen molar-refractivity contribution >= 4 is 17.8 Å². The van der Waals surface area contributed by atoms with Gasteiger partial charge in [-0.05, 0) is 30.5 Å². The van der Waals surface area contributed by atoms with Crippen molar-refractivity contribution in [2.75, 3.05) is 6.54 Å². The molecule has 1 aromatic rings. The maximum atomic E-state index is 11.2. The molecule has 2 amide bonds. The average molecular weight is 368 g/mol. The largest absolute Gasteiger partial charge is 0.504 e. The molecule has 0 spiro atoms. The lowest BCUT2D eigenvalue weighted by Gasteiger charge is -2.20. The number of primary amides is 1. The molecule has 0 aromatic heterocycles. The van der Waals surface area contributed by atoms with Crippen LogP contribution in [0.1, 0.15) is 31.7 Å². The van der Waals surface area contributed by atoms with Gasteiger partial charge in [-0.1, -0.05) is 13.0 Å². The van der Waals surface area contributed by atoms with Crippen molar-refractivity contribution in [2.45, 2.75) is 44.8 Å². The fourth-order valence-electron chi connectivity index (χ4n) is 2.54. The van der Waals surface area contributed by atoms with Crippen LogP contribution >= 0.6 is 0 Å². The summed E-state index contributed by atoms with van der Waals surface area (Å²) in [5.41, 5.74) is 5.37. The third-order valence-corrected chi connectivity index (χ3v) is 3.96. The summed E-state index contributed by atoms with van der Waals surface area (Å²) < 4.78 is 0. The lowest BCUT2D eigenvalue weighted by atomic mass is 10.1. The topological polar surface area (TPSA) is 161 Å². The molecule has 0 aliphatic carbocycles. The van der Waals surface area contributed by atoms with Crippen molar-refractivity contribution < 1.29 is 34.8 Å². The summed E-state index contributed by atoms with van der Waals surface area (Å²) in [6, 6.07) is 3.46. The maximum Gasteiger partial charge on any atom is 0.326 e. The molecular weight excluding hydrogens is 344 g/mol. The average Bonchev–Trinajstić information content (AvgIpc) is 3.08. The first kappa shape index (κ1) is 21.2. The van der Waals surface area contributed by atoms with Gasteiger partial charge >= 0.3 is 5.97 Å². The zero-order chi connectivity index (χ0) is 19.9. The minimum Gasteiger partial charge on any atom is -0.504 e. The van der Waals surface area contributed by atoms with Crippen LogP contribution < -0.4 is 5.73 Å². The monoisotopic (exact) mass is 368 g/mol. The van der Waals surface area contributed by atoms with E-state index in [0.29, 0.717) is 24.9 Å². The number of benzene rings is 1. The Kier molecular flexibility index (Phi) is 7.85. The van der Waals surface area contributed by atoms with Crippen LogP contribution in [0.25, 0.3) is 0 Å². The summed E-state index contributed by atoms with van der Waals surface area (Å²) in [5, 5.41) is 35.9. The van der Waals surface area contributed by atoms with E-state index >= 15 is 0 Å². The van der Waals surface area contributed by atoms with Crippen LogP contribution in [0.5, 0.6) is 11.5 Å². The van der Waals surface area contributed by atoms with Crippen molar-refractivity contribution in [1.82, 2.24) is 4.90 Å². The summed E-state index contributed by atoms with van der Waals surface area (Å²) >= 11 is 0. The molecule has 1 aliphatic heterocycles. The molecule has 2 rings (SSSR count). The van der Waals surface area contributed by atoms with Crippen LogP contribution in [0.15, 0.2) is 18.2 Å². The van der Waals surface area contributed by atoms with Crippen molar-refractivity contribution in [1.29, 1.82) is 0 Å². The Morgan fingerprint density at radius 1 is 1.27 bits per heavy atom. The Balaban J connectivity index is 0.000000263. The number of nitrogens with two attached hydrogens (primary N) is 1. The highest BCUT2D eigenvalue weighted by molar-refractivity contribution is 5.84. The second-order valence-electron chi connectivity index (χ2n) is 5.88. The van der Waals surface area contributed by atoms with E-state index in [-0.39, 0.29) is 23.8 Å². The number of rotatable bonds is 5. The van der Waals surface area contributed by atoms with Crippen LogP contribution in [0, 0.1) is 0 Å². The Bertz CT molecular complexity index is 663. The molecule has 1 fully saturated rings. The van der Waals surface area contributed by atoms with Crippen LogP contribution in [0.4, 0.5) is 0 Å². The summed E-state index contributed by atoms with van der Waals surface area (Å²) in [6.45, 7) is 2.35. The first-order valence-electron chi connectivity index (χ1n) is 8.17. The van der Waals surface area contributed by atoms with Crippen molar-refractivity contribution in [3.05, 3.63) is 23.8 Å². The summed E-state index contributed by atoms with van der Waals surface area (Å²) in [4.78, 5) is 33.8. The third-order valence-electron chi connectivity index (χ3n) is 3.96.